The topological polar surface area (TPSA) is 78.9 Å². The lowest BCUT2D eigenvalue weighted by Gasteiger charge is -2.18. The molecular formula is C62H106O6. The van der Waals surface area contributed by atoms with Gasteiger partial charge in [-0.3, -0.25) is 14.4 Å². The fourth-order valence-corrected chi connectivity index (χ4v) is 7.93. The van der Waals surface area contributed by atoms with Crippen LogP contribution in [0, 0.1) is 0 Å². The minimum absolute atomic E-state index is 0.0912. The molecule has 0 radical (unpaired) electrons. The van der Waals surface area contributed by atoms with Crippen molar-refractivity contribution in [2.45, 2.75) is 277 Å². The van der Waals surface area contributed by atoms with Crippen molar-refractivity contribution < 1.29 is 28.6 Å². The van der Waals surface area contributed by atoms with E-state index >= 15 is 0 Å². The maximum atomic E-state index is 12.9. The van der Waals surface area contributed by atoms with Gasteiger partial charge < -0.3 is 14.2 Å². The summed E-state index contributed by atoms with van der Waals surface area (Å²) in [7, 11) is 0. The highest BCUT2D eigenvalue weighted by Gasteiger charge is 2.19. The summed E-state index contributed by atoms with van der Waals surface area (Å²) >= 11 is 0. The molecule has 0 N–H and O–H groups in total. The molecule has 1 atom stereocenters. The highest BCUT2D eigenvalue weighted by molar-refractivity contribution is 5.71. The first-order valence-corrected chi connectivity index (χ1v) is 28.7. The Morgan fingerprint density at radius 1 is 0.294 bits per heavy atom. The molecule has 0 aliphatic rings. The Morgan fingerprint density at radius 2 is 0.529 bits per heavy atom. The number of rotatable bonds is 51. The van der Waals surface area contributed by atoms with E-state index in [-0.39, 0.29) is 31.1 Å². The smallest absolute Gasteiger partial charge is 0.306 e. The van der Waals surface area contributed by atoms with Gasteiger partial charge in [0.15, 0.2) is 6.10 Å². The van der Waals surface area contributed by atoms with Gasteiger partial charge in [0.2, 0.25) is 0 Å². The van der Waals surface area contributed by atoms with Gasteiger partial charge in [0.05, 0.1) is 0 Å². The fourth-order valence-electron chi connectivity index (χ4n) is 7.93. The second kappa shape index (κ2) is 56.2. The van der Waals surface area contributed by atoms with Crippen molar-refractivity contribution in [3.63, 3.8) is 0 Å². The summed E-state index contributed by atoms with van der Waals surface area (Å²) in [4.78, 5) is 38.1. The molecule has 6 heteroatoms. The largest absolute Gasteiger partial charge is 0.462 e. The van der Waals surface area contributed by atoms with E-state index in [1.54, 1.807) is 0 Å². The van der Waals surface area contributed by atoms with E-state index in [4.69, 9.17) is 14.2 Å². The summed E-state index contributed by atoms with van der Waals surface area (Å²) in [5.74, 6) is -0.928. The maximum Gasteiger partial charge on any atom is 0.306 e. The van der Waals surface area contributed by atoms with Crippen molar-refractivity contribution in [3.8, 4) is 0 Å². The van der Waals surface area contributed by atoms with Crippen LogP contribution in [0.2, 0.25) is 0 Å². The number of hydrogen-bond acceptors (Lipinski definition) is 6. The zero-order valence-corrected chi connectivity index (χ0v) is 44.6. The third-order valence-electron chi connectivity index (χ3n) is 12.3. The summed E-state index contributed by atoms with van der Waals surface area (Å²) in [6, 6.07) is 0. The SMILES string of the molecule is CCCCC\C=C/C=C\C=C/C=C\CCCCCCCC(=O)OCC(COC(=O)CCCCCCCCCCCCCCCC)OC(=O)CCCCCCC\C=C/C=C\C=C/CCCCCCC. The molecule has 0 aliphatic carbocycles. The van der Waals surface area contributed by atoms with E-state index in [1.165, 1.54) is 122 Å². The van der Waals surface area contributed by atoms with Gasteiger partial charge in [0.1, 0.15) is 13.2 Å². The Labute approximate surface area is 420 Å². The van der Waals surface area contributed by atoms with Crippen LogP contribution in [-0.2, 0) is 28.6 Å². The van der Waals surface area contributed by atoms with Gasteiger partial charge in [0.25, 0.3) is 0 Å². The van der Waals surface area contributed by atoms with Gasteiger partial charge in [-0.2, -0.15) is 0 Å². The van der Waals surface area contributed by atoms with E-state index in [1.807, 2.05) is 0 Å². The van der Waals surface area contributed by atoms with Crippen LogP contribution >= 0.6 is 0 Å². The van der Waals surface area contributed by atoms with Gasteiger partial charge >= 0.3 is 17.9 Å². The summed E-state index contributed by atoms with van der Waals surface area (Å²) < 4.78 is 16.8. The Bertz CT molecular complexity index is 1320. The molecule has 6 nitrogen and oxygen atoms in total. The zero-order valence-electron chi connectivity index (χ0n) is 44.6. The number of unbranched alkanes of at least 4 members (excludes halogenated alkanes) is 31. The first-order valence-electron chi connectivity index (χ1n) is 28.7. The van der Waals surface area contributed by atoms with Crippen LogP contribution in [0.25, 0.3) is 0 Å². The molecule has 0 fully saturated rings. The average molecular weight is 948 g/mol. The normalized spacial score (nSPS) is 12.7. The minimum Gasteiger partial charge on any atom is -0.462 e. The zero-order chi connectivity index (χ0) is 49.3. The summed E-state index contributed by atoms with van der Waals surface area (Å²) in [6.07, 6.45) is 72.7. The Kier molecular flexibility index (Phi) is 53.4. The average Bonchev–Trinajstić information content (AvgIpc) is 3.34. The standard InChI is InChI=1S/C62H106O6/c1-4-7-10-13-16-19-22-25-28-30-32-34-37-40-43-46-49-52-55-61(64)67-58-59(57-66-60(63)54-51-48-45-42-39-36-27-24-21-18-15-12-9-6-3)68-62(65)56-53-50-47-44-41-38-35-33-31-29-26-23-20-17-14-11-8-5-2/h16,19,22-23,25-26,28-35,59H,4-15,17-18,20-21,24,27,36-58H2,1-3H3/b19-16-,25-22-,26-23-,30-28-,31-29-,34-32-,35-33-. The second-order valence-electron chi connectivity index (χ2n) is 19.0. The molecule has 68 heavy (non-hydrogen) atoms. The summed E-state index contributed by atoms with van der Waals surface area (Å²) in [5.41, 5.74) is 0. The molecule has 0 rings (SSSR count). The lowest BCUT2D eigenvalue weighted by molar-refractivity contribution is -0.167. The highest BCUT2D eigenvalue weighted by atomic mass is 16.6. The molecule has 0 aromatic rings. The molecule has 0 bridgehead atoms. The third-order valence-corrected chi connectivity index (χ3v) is 12.3. The molecule has 390 valence electrons. The monoisotopic (exact) mass is 947 g/mol. The first kappa shape index (κ1) is 64.6. The Morgan fingerprint density at radius 3 is 0.853 bits per heavy atom. The first-order chi connectivity index (χ1) is 33.5. The van der Waals surface area contributed by atoms with Gasteiger partial charge in [-0.15, -0.1) is 0 Å². The molecule has 1 unspecified atom stereocenters. The van der Waals surface area contributed by atoms with Crippen LogP contribution in [-0.4, -0.2) is 37.2 Å². The highest BCUT2D eigenvalue weighted by Crippen LogP contribution is 2.15. The third kappa shape index (κ3) is 53.5. The van der Waals surface area contributed by atoms with Crippen LogP contribution in [0.5, 0.6) is 0 Å². The van der Waals surface area contributed by atoms with Crippen LogP contribution < -0.4 is 0 Å². The predicted molar refractivity (Wildman–Crippen MR) is 293 cm³/mol. The molecule has 0 aromatic heterocycles. The number of esters is 3. The summed E-state index contributed by atoms with van der Waals surface area (Å²) in [6.45, 7) is 6.56. The van der Waals surface area contributed by atoms with Crippen molar-refractivity contribution in [2.24, 2.45) is 0 Å². The fraction of sp³-hybridized carbons (Fsp3) is 0.726. The predicted octanol–water partition coefficient (Wildman–Crippen LogP) is 19.2. The van der Waals surface area contributed by atoms with Gasteiger partial charge in [-0.25, -0.2) is 0 Å². The molecule has 0 amide bonds. The van der Waals surface area contributed by atoms with Crippen LogP contribution in [0.15, 0.2) is 85.1 Å². The quantitative estimate of drug-likeness (QED) is 0.0262. The molecule has 0 heterocycles. The summed E-state index contributed by atoms with van der Waals surface area (Å²) in [5, 5.41) is 0. The van der Waals surface area contributed by atoms with E-state index in [2.05, 4.69) is 106 Å². The Hall–Kier alpha value is -3.41. The van der Waals surface area contributed by atoms with Crippen LogP contribution in [0.3, 0.4) is 0 Å². The Balaban J connectivity index is 4.48. The molecule has 0 aromatic carbocycles. The van der Waals surface area contributed by atoms with Gasteiger partial charge in [-0.05, 0) is 70.6 Å². The van der Waals surface area contributed by atoms with Crippen molar-refractivity contribution in [3.05, 3.63) is 85.1 Å². The van der Waals surface area contributed by atoms with E-state index in [9.17, 15) is 14.4 Å². The minimum atomic E-state index is -0.797. The number of ether oxygens (including phenoxy) is 3. The van der Waals surface area contributed by atoms with Crippen molar-refractivity contribution >= 4 is 17.9 Å². The maximum absolute atomic E-state index is 12.9. The molecule has 0 spiro atoms. The number of carbonyl (C=O) groups is 3. The molecule has 0 aliphatic heterocycles. The van der Waals surface area contributed by atoms with Crippen LogP contribution in [0.1, 0.15) is 271 Å². The van der Waals surface area contributed by atoms with Crippen molar-refractivity contribution in [2.75, 3.05) is 13.2 Å². The number of carbonyl (C=O) groups excluding carboxylic acids is 3. The lowest BCUT2D eigenvalue weighted by Crippen LogP contribution is -2.30. The molecule has 0 saturated heterocycles. The van der Waals surface area contributed by atoms with E-state index < -0.39 is 6.10 Å². The number of hydrogen-bond donors (Lipinski definition) is 0. The molecular weight excluding hydrogens is 841 g/mol. The van der Waals surface area contributed by atoms with E-state index in [0.29, 0.717) is 19.3 Å². The second-order valence-corrected chi connectivity index (χ2v) is 19.0. The van der Waals surface area contributed by atoms with Crippen molar-refractivity contribution in [1.29, 1.82) is 0 Å². The van der Waals surface area contributed by atoms with E-state index in [0.717, 1.165) is 109 Å². The van der Waals surface area contributed by atoms with Gasteiger partial charge in [0, 0.05) is 19.3 Å². The van der Waals surface area contributed by atoms with Gasteiger partial charge in [-0.1, -0.05) is 266 Å². The van der Waals surface area contributed by atoms with Crippen LogP contribution in [0.4, 0.5) is 0 Å². The van der Waals surface area contributed by atoms with Crippen molar-refractivity contribution in [1.82, 2.24) is 0 Å². The molecule has 0 saturated carbocycles. The number of allylic oxidation sites excluding steroid dienone is 14. The lowest BCUT2D eigenvalue weighted by atomic mass is 10.0.